The Labute approximate surface area is 116 Å². The SMILES string of the molecule is C=CCN(CCC(=O)N1CCC(C)CC1)S(C)(=O)=O. The van der Waals surface area contributed by atoms with Crippen LogP contribution >= 0.6 is 0 Å². The molecule has 0 aliphatic carbocycles. The van der Waals surface area contributed by atoms with Gasteiger partial charge >= 0.3 is 0 Å². The molecule has 0 atom stereocenters. The molecule has 0 radical (unpaired) electrons. The maximum absolute atomic E-state index is 12.0. The summed E-state index contributed by atoms with van der Waals surface area (Å²) in [7, 11) is -3.27. The van der Waals surface area contributed by atoms with Crippen LogP contribution in [0.25, 0.3) is 0 Å². The highest BCUT2D eigenvalue weighted by Crippen LogP contribution is 2.16. The van der Waals surface area contributed by atoms with Gasteiger partial charge in [-0.3, -0.25) is 4.79 Å². The first-order chi connectivity index (χ1) is 8.84. The Morgan fingerprint density at radius 1 is 1.42 bits per heavy atom. The van der Waals surface area contributed by atoms with Gasteiger partial charge < -0.3 is 4.90 Å². The first-order valence-electron chi connectivity index (χ1n) is 6.68. The smallest absolute Gasteiger partial charge is 0.223 e. The van der Waals surface area contributed by atoms with Crippen LogP contribution in [-0.4, -0.2) is 56.0 Å². The predicted molar refractivity (Wildman–Crippen MR) is 76.2 cm³/mol. The van der Waals surface area contributed by atoms with Crippen LogP contribution in [0.5, 0.6) is 0 Å². The number of piperidine rings is 1. The number of carbonyl (C=O) groups is 1. The average molecular weight is 288 g/mol. The molecule has 1 aliphatic heterocycles. The highest BCUT2D eigenvalue weighted by atomic mass is 32.2. The number of carbonyl (C=O) groups excluding carboxylic acids is 1. The maximum Gasteiger partial charge on any atom is 0.223 e. The van der Waals surface area contributed by atoms with Crippen molar-refractivity contribution in [2.45, 2.75) is 26.2 Å². The Hall–Kier alpha value is -0.880. The molecule has 1 aliphatic rings. The molecule has 1 fully saturated rings. The van der Waals surface area contributed by atoms with Crippen molar-refractivity contribution in [1.82, 2.24) is 9.21 Å². The third-order valence-electron chi connectivity index (χ3n) is 3.51. The van der Waals surface area contributed by atoms with Gasteiger partial charge in [0.2, 0.25) is 15.9 Å². The van der Waals surface area contributed by atoms with Crippen molar-refractivity contribution in [1.29, 1.82) is 0 Å². The lowest BCUT2D eigenvalue weighted by atomic mass is 9.99. The fourth-order valence-electron chi connectivity index (χ4n) is 2.17. The predicted octanol–water partition coefficient (Wildman–Crippen LogP) is 1.08. The van der Waals surface area contributed by atoms with E-state index in [2.05, 4.69) is 13.5 Å². The minimum atomic E-state index is -3.27. The van der Waals surface area contributed by atoms with Crippen molar-refractivity contribution in [3.8, 4) is 0 Å². The van der Waals surface area contributed by atoms with Crippen LogP contribution in [0, 0.1) is 5.92 Å². The standard InChI is InChI=1S/C13H24N2O3S/c1-4-8-15(19(3,17)18)11-7-13(16)14-9-5-12(2)6-10-14/h4,12H,1,5-11H2,2-3H3. The number of hydrogen-bond donors (Lipinski definition) is 0. The third kappa shape index (κ3) is 5.32. The molecule has 0 bridgehead atoms. The molecule has 0 N–H and O–H groups in total. The van der Waals surface area contributed by atoms with E-state index in [1.165, 1.54) is 10.4 Å². The maximum atomic E-state index is 12.0. The van der Waals surface area contributed by atoms with Crippen LogP contribution in [-0.2, 0) is 14.8 Å². The summed E-state index contributed by atoms with van der Waals surface area (Å²) in [6, 6.07) is 0. The molecule has 1 saturated heterocycles. The largest absolute Gasteiger partial charge is 0.343 e. The molecule has 5 nitrogen and oxygen atoms in total. The first kappa shape index (κ1) is 16.2. The summed E-state index contributed by atoms with van der Waals surface area (Å²) in [4.78, 5) is 13.9. The van der Waals surface area contributed by atoms with Gasteiger partial charge in [0.1, 0.15) is 0 Å². The summed E-state index contributed by atoms with van der Waals surface area (Å²) >= 11 is 0. The van der Waals surface area contributed by atoms with Gasteiger partial charge in [-0.25, -0.2) is 8.42 Å². The van der Waals surface area contributed by atoms with E-state index in [0.717, 1.165) is 32.2 Å². The molecule has 0 aromatic carbocycles. The van der Waals surface area contributed by atoms with E-state index in [4.69, 9.17) is 0 Å². The molecule has 0 unspecified atom stereocenters. The van der Waals surface area contributed by atoms with Gasteiger partial charge in [-0.05, 0) is 18.8 Å². The summed E-state index contributed by atoms with van der Waals surface area (Å²) in [6.45, 7) is 7.80. The summed E-state index contributed by atoms with van der Waals surface area (Å²) in [6.07, 6.45) is 5.01. The fourth-order valence-corrected chi connectivity index (χ4v) is 2.97. The van der Waals surface area contributed by atoms with Crippen molar-refractivity contribution in [3.63, 3.8) is 0 Å². The zero-order chi connectivity index (χ0) is 14.5. The monoisotopic (exact) mass is 288 g/mol. The van der Waals surface area contributed by atoms with Crippen molar-refractivity contribution < 1.29 is 13.2 Å². The summed E-state index contributed by atoms with van der Waals surface area (Å²) in [5, 5.41) is 0. The summed E-state index contributed by atoms with van der Waals surface area (Å²) in [5.41, 5.74) is 0. The van der Waals surface area contributed by atoms with E-state index < -0.39 is 10.0 Å². The molecule has 6 heteroatoms. The van der Waals surface area contributed by atoms with E-state index >= 15 is 0 Å². The topological polar surface area (TPSA) is 57.7 Å². The van der Waals surface area contributed by atoms with Gasteiger partial charge in [0.25, 0.3) is 0 Å². The molecular formula is C13H24N2O3S. The molecular weight excluding hydrogens is 264 g/mol. The summed E-state index contributed by atoms with van der Waals surface area (Å²) < 4.78 is 24.3. The van der Waals surface area contributed by atoms with Crippen molar-refractivity contribution in [3.05, 3.63) is 12.7 Å². The Morgan fingerprint density at radius 3 is 2.47 bits per heavy atom. The van der Waals surface area contributed by atoms with E-state index in [1.807, 2.05) is 4.90 Å². The number of likely N-dealkylation sites (tertiary alicyclic amines) is 1. The highest BCUT2D eigenvalue weighted by molar-refractivity contribution is 7.88. The van der Waals surface area contributed by atoms with E-state index in [1.54, 1.807) is 0 Å². The average Bonchev–Trinajstić information content (AvgIpc) is 2.33. The van der Waals surface area contributed by atoms with Crippen LogP contribution < -0.4 is 0 Å². The molecule has 1 amide bonds. The Kier molecular flexibility index (Phi) is 6.00. The third-order valence-corrected chi connectivity index (χ3v) is 4.78. The van der Waals surface area contributed by atoms with Crippen LogP contribution in [0.4, 0.5) is 0 Å². The first-order valence-corrected chi connectivity index (χ1v) is 8.53. The molecule has 0 saturated carbocycles. The number of rotatable bonds is 6. The molecule has 110 valence electrons. The molecule has 0 aromatic heterocycles. The van der Waals surface area contributed by atoms with Gasteiger partial charge in [-0.2, -0.15) is 4.31 Å². The zero-order valence-electron chi connectivity index (χ0n) is 11.8. The second kappa shape index (κ2) is 7.05. The summed E-state index contributed by atoms with van der Waals surface area (Å²) in [5.74, 6) is 0.724. The number of nitrogens with zero attached hydrogens (tertiary/aromatic N) is 2. The highest BCUT2D eigenvalue weighted by Gasteiger charge is 2.22. The molecule has 1 heterocycles. The Bertz CT molecular complexity index is 412. The van der Waals surface area contributed by atoms with Gasteiger partial charge in [0, 0.05) is 32.6 Å². The van der Waals surface area contributed by atoms with E-state index in [9.17, 15) is 13.2 Å². The Balaban J connectivity index is 2.46. The quantitative estimate of drug-likeness (QED) is 0.687. The second-order valence-corrected chi connectivity index (χ2v) is 7.21. The fraction of sp³-hybridized carbons (Fsp3) is 0.769. The van der Waals surface area contributed by atoms with Gasteiger partial charge in [0.15, 0.2) is 0 Å². The molecule has 1 rings (SSSR count). The van der Waals surface area contributed by atoms with Crippen LogP contribution in [0.2, 0.25) is 0 Å². The number of sulfonamides is 1. The lowest BCUT2D eigenvalue weighted by Crippen LogP contribution is -2.40. The van der Waals surface area contributed by atoms with Crippen LogP contribution in [0.1, 0.15) is 26.2 Å². The number of hydrogen-bond acceptors (Lipinski definition) is 3. The minimum absolute atomic E-state index is 0.0459. The lowest BCUT2D eigenvalue weighted by molar-refractivity contribution is -0.132. The van der Waals surface area contributed by atoms with Crippen molar-refractivity contribution in [2.24, 2.45) is 5.92 Å². The van der Waals surface area contributed by atoms with Gasteiger partial charge in [-0.1, -0.05) is 13.0 Å². The van der Waals surface area contributed by atoms with Gasteiger partial charge in [-0.15, -0.1) is 6.58 Å². The van der Waals surface area contributed by atoms with Gasteiger partial charge in [0.05, 0.1) is 6.26 Å². The molecule has 0 aromatic rings. The minimum Gasteiger partial charge on any atom is -0.343 e. The van der Waals surface area contributed by atoms with Crippen molar-refractivity contribution in [2.75, 3.05) is 32.4 Å². The second-order valence-electron chi connectivity index (χ2n) is 5.22. The Morgan fingerprint density at radius 2 is 2.00 bits per heavy atom. The van der Waals surface area contributed by atoms with Crippen LogP contribution in [0.15, 0.2) is 12.7 Å². The lowest BCUT2D eigenvalue weighted by Gasteiger charge is -2.31. The van der Waals surface area contributed by atoms with E-state index in [-0.39, 0.29) is 25.4 Å². The van der Waals surface area contributed by atoms with Crippen LogP contribution in [0.3, 0.4) is 0 Å². The molecule has 19 heavy (non-hydrogen) atoms. The van der Waals surface area contributed by atoms with Crippen molar-refractivity contribution >= 4 is 15.9 Å². The zero-order valence-corrected chi connectivity index (χ0v) is 12.7. The normalized spacial score (nSPS) is 17.7. The van der Waals surface area contributed by atoms with E-state index in [0.29, 0.717) is 5.92 Å². The molecule has 0 spiro atoms. The number of amides is 1.